The van der Waals surface area contributed by atoms with Gasteiger partial charge in [-0.15, -0.1) is 22.9 Å². The summed E-state index contributed by atoms with van der Waals surface area (Å²) in [7, 11) is 0. The van der Waals surface area contributed by atoms with Gasteiger partial charge in [-0.1, -0.05) is 19.3 Å². The fourth-order valence-corrected chi connectivity index (χ4v) is 4.57. The third-order valence-electron chi connectivity index (χ3n) is 4.68. The summed E-state index contributed by atoms with van der Waals surface area (Å²) in [4.78, 5) is 18.8. The zero-order chi connectivity index (χ0) is 13.9. The van der Waals surface area contributed by atoms with Crippen molar-refractivity contribution < 1.29 is 4.79 Å². The molecule has 1 saturated heterocycles. The van der Waals surface area contributed by atoms with Crippen LogP contribution in [-0.2, 0) is 17.1 Å². The molecular formula is C15H21ClN2OS. The van der Waals surface area contributed by atoms with E-state index in [9.17, 15) is 4.79 Å². The number of thiazole rings is 1. The first-order chi connectivity index (χ1) is 9.76. The first-order valence-corrected chi connectivity index (χ1v) is 8.94. The Bertz CT molecular complexity index is 476. The lowest BCUT2D eigenvalue weighted by Gasteiger charge is -2.41. The Labute approximate surface area is 129 Å². The van der Waals surface area contributed by atoms with E-state index in [1.165, 1.54) is 32.1 Å². The number of amides is 1. The summed E-state index contributed by atoms with van der Waals surface area (Å²) in [6.07, 6.45) is 7.05. The summed E-state index contributed by atoms with van der Waals surface area (Å²) >= 11 is 7.30. The van der Waals surface area contributed by atoms with Crippen LogP contribution in [0.2, 0.25) is 0 Å². The zero-order valence-electron chi connectivity index (χ0n) is 11.7. The molecule has 1 aliphatic carbocycles. The summed E-state index contributed by atoms with van der Waals surface area (Å²) in [6.45, 7) is 1.91. The number of carbonyl (C=O) groups is 1. The Hall–Kier alpha value is -0.610. The molecule has 2 heterocycles. The second kappa shape index (κ2) is 6.44. The first-order valence-electron chi connectivity index (χ1n) is 7.53. The van der Waals surface area contributed by atoms with Gasteiger partial charge in [0.1, 0.15) is 5.01 Å². The monoisotopic (exact) mass is 312 g/mol. The SMILES string of the molecule is O=C(Cc1nc(CCl)cs1)N1CCC2CCCCC2C1. The predicted octanol–water partition coefficient (Wildman–Crippen LogP) is 3.46. The number of rotatable bonds is 3. The Kier molecular flexibility index (Phi) is 4.61. The van der Waals surface area contributed by atoms with Gasteiger partial charge in [-0.3, -0.25) is 4.79 Å². The van der Waals surface area contributed by atoms with E-state index in [2.05, 4.69) is 9.88 Å². The lowest BCUT2D eigenvalue weighted by Crippen LogP contribution is -2.45. The molecule has 2 aliphatic rings. The molecule has 2 unspecified atom stereocenters. The van der Waals surface area contributed by atoms with Gasteiger partial charge in [0, 0.05) is 18.5 Å². The summed E-state index contributed by atoms with van der Waals surface area (Å²) in [5, 5.41) is 2.85. The number of carbonyl (C=O) groups excluding carboxylic acids is 1. The van der Waals surface area contributed by atoms with Gasteiger partial charge >= 0.3 is 0 Å². The normalized spacial score (nSPS) is 26.4. The van der Waals surface area contributed by atoms with Crippen molar-refractivity contribution in [1.29, 1.82) is 0 Å². The zero-order valence-corrected chi connectivity index (χ0v) is 13.3. The van der Waals surface area contributed by atoms with Crippen LogP contribution in [0.15, 0.2) is 5.38 Å². The average Bonchev–Trinajstić information content (AvgIpc) is 2.94. The topological polar surface area (TPSA) is 33.2 Å². The number of likely N-dealkylation sites (tertiary alicyclic amines) is 1. The Morgan fingerprint density at radius 3 is 2.90 bits per heavy atom. The molecule has 0 radical (unpaired) electrons. The van der Waals surface area contributed by atoms with Crippen LogP contribution in [0.3, 0.4) is 0 Å². The van der Waals surface area contributed by atoms with Crippen LogP contribution in [0.5, 0.6) is 0 Å². The van der Waals surface area contributed by atoms with E-state index in [1.807, 2.05) is 5.38 Å². The van der Waals surface area contributed by atoms with Crippen LogP contribution in [0, 0.1) is 11.8 Å². The summed E-state index contributed by atoms with van der Waals surface area (Å²) in [5.74, 6) is 2.29. The Morgan fingerprint density at radius 1 is 1.35 bits per heavy atom. The molecule has 1 saturated carbocycles. The number of nitrogens with zero attached hydrogens (tertiary/aromatic N) is 2. The molecule has 20 heavy (non-hydrogen) atoms. The highest BCUT2D eigenvalue weighted by atomic mass is 35.5. The Morgan fingerprint density at radius 2 is 2.15 bits per heavy atom. The minimum atomic E-state index is 0.240. The largest absolute Gasteiger partial charge is 0.342 e. The third kappa shape index (κ3) is 3.17. The molecular weight excluding hydrogens is 292 g/mol. The maximum Gasteiger partial charge on any atom is 0.229 e. The molecule has 3 nitrogen and oxygen atoms in total. The number of piperidine rings is 1. The van der Waals surface area contributed by atoms with E-state index in [0.717, 1.165) is 35.6 Å². The third-order valence-corrected chi connectivity index (χ3v) is 5.85. The smallest absolute Gasteiger partial charge is 0.229 e. The highest BCUT2D eigenvalue weighted by molar-refractivity contribution is 7.09. The fourth-order valence-electron chi connectivity index (χ4n) is 3.56. The van der Waals surface area contributed by atoms with Crippen molar-refractivity contribution in [3.05, 3.63) is 16.1 Å². The molecule has 0 aromatic carbocycles. The van der Waals surface area contributed by atoms with Crippen molar-refractivity contribution in [3.63, 3.8) is 0 Å². The highest BCUT2D eigenvalue weighted by Gasteiger charge is 2.32. The van der Waals surface area contributed by atoms with Gasteiger partial charge in [0.25, 0.3) is 0 Å². The minimum Gasteiger partial charge on any atom is -0.342 e. The molecule has 1 aromatic rings. The van der Waals surface area contributed by atoms with E-state index in [0.29, 0.717) is 12.3 Å². The van der Waals surface area contributed by atoms with Crippen molar-refractivity contribution in [2.45, 2.75) is 44.4 Å². The number of halogens is 1. The van der Waals surface area contributed by atoms with Crippen molar-refractivity contribution >= 4 is 28.8 Å². The number of hydrogen-bond acceptors (Lipinski definition) is 3. The molecule has 5 heteroatoms. The predicted molar refractivity (Wildman–Crippen MR) is 82.0 cm³/mol. The van der Waals surface area contributed by atoms with Gasteiger partial charge in [-0.05, 0) is 24.7 Å². The molecule has 1 aromatic heterocycles. The van der Waals surface area contributed by atoms with Gasteiger partial charge in [0.2, 0.25) is 5.91 Å². The maximum atomic E-state index is 12.4. The fraction of sp³-hybridized carbons (Fsp3) is 0.733. The van der Waals surface area contributed by atoms with E-state index >= 15 is 0 Å². The first kappa shape index (κ1) is 14.3. The second-order valence-electron chi connectivity index (χ2n) is 5.98. The minimum absolute atomic E-state index is 0.240. The number of aromatic nitrogens is 1. The molecule has 3 rings (SSSR count). The summed E-state index contributed by atoms with van der Waals surface area (Å²) in [6, 6.07) is 0. The number of hydrogen-bond donors (Lipinski definition) is 0. The van der Waals surface area contributed by atoms with Crippen LogP contribution in [-0.4, -0.2) is 28.9 Å². The van der Waals surface area contributed by atoms with E-state index in [-0.39, 0.29) is 5.91 Å². The van der Waals surface area contributed by atoms with Crippen LogP contribution in [0.25, 0.3) is 0 Å². The van der Waals surface area contributed by atoms with Crippen molar-refractivity contribution in [1.82, 2.24) is 9.88 Å². The molecule has 1 amide bonds. The van der Waals surface area contributed by atoms with Crippen LogP contribution < -0.4 is 0 Å². The van der Waals surface area contributed by atoms with Crippen molar-refractivity contribution in [3.8, 4) is 0 Å². The van der Waals surface area contributed by atoms with Crippen LogP contribution >= 0.6 is 22.9 Å². The lowest BCUT2D eigenvalue weighted by molar-refractivity contribution is -0.133. The lowest BCUT2D eigenvalue weighted by atomic mass is 9.75. The number of fused-ring (bicyclic) bond motifs is 1. The molecule has 2 atom stereocenters. The van der Waals surface area contributed by atoms with Gasteiger partial charge in [-0.2, -0.15) is 0 Å². The van der Waals surface area contributed by atoms with Gasteiger partial charge in [0.15, 0.2) is 0 Å². The molecule has 1 aliphatic heterocycles. The van der Waals surface area contributed by atoms with Gasteiger partial charge < -0.3 is 4.90 Å². The number of alkyl halides is 1. The van der Waals surface area contributed by atoms with Crippen LogP contribution in [0.4, 0.5) is 0 Å². The van der Waals surface area contributed by atoms with Crippen LogP contribution in [0.1, 0.15) is 42.8 Å². The maximum absolute atomic E-state index is 12.4. The van der Waals surface area contributed by atoms with E-state index < -0.39 is 0 Å². The summed E-state index contributed by atoms with van der Waals surface area (Å²) in [5.41, 5.74) is 0.880. The molecule has 0 bridgehead atoms. The molecule has 0 N–H and O–H groups in total. The molecule has 2 fully saturated rings. The van der Waals surface area contributed by atoms with Gasteiger partial charge in [-0.25, -0.2) is 4.98 Å². The Balaban J connectivity index is 1.57. The molecule has 0 spiro atoms. The van der Waals surface area contributed by atoms with E-state index in [1.54, 1.807) is 11.3 Å². The van der Waals surface area contributed by atoms with E-state index in [4.69, 9.17) is 11.6 Å². The highest BCUT2D eigenvalue weighted by Crippen LogP contribution is 2.36. The quantitative estimate of drug-likeness (QED) is 0.801. The van der Waals surface area contributed by atoms with Gasteiger partial charge in [0.05, 0.1) is 18.0 Å². The van der Waals surface area contributed by atoms with Crippen molar-refractivity contribution in [2.24, 2.45) is 11.8 Å². The van der Waals surface area contributed by atoms with Crippen molar-refractivity contribution in [2.75, 3.05) is 13.1 Å². The summed E-state index contributed by atoms with van der Waals surface area (Å²) < 4.78 is 0. The molecule has 110 valence electrons. The standard InChI is InChI=1S/C15H21ClN2OS/c16-8-13-10-20-14(17-13)7-15(19)18-6-5-11-3-1-2-4-12(11)9-18/h10-12H,1-9H2. The average molecular weight is 313 g/mol. The second-order valence-corrected chi connectivity index (χ2v) is 7.19.